The second-order valence-electron chi connectivity index (χ2n) is 5.20. The van der Waals surface area contributed by atoms with Gasteiger partial charge in [0.2, 0.25) is 10.0 Å². The van der Waals surface area contributed by atoms with Crippen molar-refractivity contribution in [2.24, 2.45) is 0 Å². The summed E-state index contributed by atoms with van der Waals surface area (Å²) >= 11 is 4.32. The number of hydrogen-bond donors (Lipinski definition) is 1. The maximum atomic E-state index is 12.5. The predicted octanol–water partition coefficient (Wildman–Crippen LogP) is 2.33. The first-order valence-electron chi connectivity index (χ1n) is 7.25. The lowest BCUT2D eigenvalue weighted by Gasteiger charge is -2.26. The average molecular weight is 467 g/mol. The summed E-state index contributed by atoms with van der Waals surface area (Å²) in [6, 6.07) is 8.81. The van der Waals surface area contributed by atoms with Crippen molar-refractivity contribution < 1.29 is 21.6 Å². The number of ether oxygens (including phenoxy) is 1. The number of anilines is 1. The van der Waals surface area contributed by atoms with Gasteiger partial charge in [-0.3, -0.25) is 4.72 Å². The van der Waals surface area contributed by atoms with Gasteiger partial charge in [-0.1, -0.05) is 0 Å². The van der Waals surface area contributed by atoms with E-state index < -0.39 is 20.0 Å². The van der Waals surface area contributed by atoms with Gasteiger partial charge in [-0.2, -0.15) is 4.31 Å². The molecule has 1 N–H and O–H groups in total. The number of sulfonamides is 2. The van der Waals surface area contributed by atoms with Crippen molar-refractivity contribution in [3.63, 3.8) is 0 Å². The standard InChI is InChI=1S/C14H15BrN2O5S3/c15-13-5-6-14(23-13)24(18,19)16-11-1-3-12(4-2-11)25(20,21)17-7-9-22-10-8-17/h1-6,16H,7-10H2. The zero-order valence-electron chi connectivity index (χ0n) is 12.9. The molecule has 0 spiro atoms. The van der Waals surface area contributed by atoms with Crippen LogP contribution in [0.1, 0.15) is 0 Å². The minimum absolute atomic E-state index is 0.121. The van der Waals surface area contributed by atoms with Crippen molar-refractivity contribution in [3.05, 3.63) is 40.2 Å². The summed E-state index contributed by atoms with van der Waals surface area (Å²) in [4.78, 5) is 0.121. The predicted molar refractivity (Wildman–Crippen MR) is 98.8 cm³/mol. The van der Waals surface area contributed by atoms with E-state index in [1.807, 2.05) is 0 Å². The second-order valence-corrected chi connectivity index (χ2v) is 11.5. The van der Waals surface area contributed by atoms with Crippen LogP contribution in [0.5, 0.6) is 0 Å². The van der Waals surface area contributed by atoms with Crippen molar-refractivity contribution in [2.45, 2.75) is 9.10 Å². The number of nitrogens with one attached hydrogen (secondary N) is 1. The second kappa shape index (κ2) is 7.33. The summed E-state index contributed by atoms with van der Waals surface area (Å²) in [5.74, 6) is 0. The van der Waals surface area contributed by atoms with Gasteiger partial charge in [0, 0.05) is 18.8 Å². The van der Waals surface area contributed by atoms with E-state index in [0.717, 1.165) is 11.3 Å². The van der Waals surface area contributed by atoms with Gasteiger partial charge in [-0.05, 0) is 52.3 Å². The largest absolute Gasteiger partial charge is 0.379 e. The molecule has 11 heteroatoms. The van der Waals surface area contributed by atoms with E-state index in [9.17, 15) is 16.8 Å². The molecule has 0 radical (unpaired) electrons. The highest BCUT2D eigenvalue weighted by atomic mass is 79.9. The quantitative estimate of drug-likeness (QED) is 0.729. The van der Waals surface area contributed by atoms with Gasteiger partial charge in [-0.25, -0.2) is 16.8 Å². The molecule has 7 nitrogen and oxygen atoms in total. The number of morpholine rings is 1. The highest BCUT2D eigenvalue weighted by Crippen LogP contribution is 2.28. The molecule has 2 aromatic rings. The zero-order chi connectivity index (χ0) is 18.1. The fourth-order valence-electron chi connectivity index (χ4n) is 2.28. The molecule has 1 aromatic carbocycles. The molecule has 0 amide bonds. The Bertz CT molecular complexity index is 949. The highest BCUT2D eigenvalue weighted by molar-refractivity contribution is 9.11. The number of rotatable bonds is 5. The molecule has 3 rings (SSSR count). The Kier molecular flexibility index (Phi) is 5.51. The Morgan fingerprint density at radius 2 is 1.64 bits per heavy atom. The van der Waals surface area contributed by atoms with Gasteiger partial charge < -0.3 is 4.74 Å². The summed E-state index contributed by atoms with van der Waals surface area (Å²) in [5, 5.41) is 0. The monoisotopic (exact) mass is 466 g/mol. The van der Waals surface area contributed by atoms with Crippen LogP contribution in [0.2, 0.25) is 0 Å². The molecule has 2 heterocycles. The summed E-state index contributed by atoms with van der Waals surface area (Å²) in [5.41, 5.74) is 0.297. The van der Waals surface area contributed by atoms with Gasteiger partial charge in [0.15, 0.2) is 0 Å². The Morgan fingerprint density at radius 3 is 2.20 bits per heavy atom. The maximum absolute atomic E-state index is 12.5. The first-order chi connectivity index (χ1) is 11.8. The first-order valence-corrected chi connectivity index (χ1v) is 11.8. The third-order valence-electron chi connectivity index (χ3n) is 3.53. The maximum Gasteiger partial charge on any atom is 0.271 e. The minimum Gasteiger partial charge on any atom is -0.379 e. The molecule has 0 unspecified atom stereocenters. The number of hydrogen-bond acceptors (Lipinski definition) is 6. The van der Waals surface area contributed by atoms with Crippen molar-refractivity contribution in [1.29, 1.82) is 0 Å². The Hall–Kier alpha value is -0.980. The van der Waals surface area contributed by atoms with Crippen molar-refractivity contribution >= 4 is 53.0 Å². The van der Waals surface area contributed by atoms with E-state index in [4.69, 9.17) is 4.74 Å². The molecule has 1 aliphatic heterocycles. The Labute approximate surface area is 158 Å². The molecule has 1 aromatic heterocycles. The fraction of sp³-hybridized carbons (Fsp3) is 0.286. The van der Waals surface area contributed by atoms with Crippen LogP contribution >= 0.6 is 27.3 Å². The number of benzene rings is 1. The van der Waals surface area contributed by atoms with Crippen LogP contribution in [0.3, 0.4) is 0 Å². The highest BCUT2D eigenvalue weighted by Gasteiger charge is 2.26. The number of halogens is 1. The van der Waals surface area contributed by atoms with Gasteiger partial charge in [0.1, 0.15) is 4.21 Å². The molecule has 136 valence electrons. The Morgan fingerprint density at radius 1 is 1.00 bits per heavy atom. The number of thiophene rings is 1. The summed E-state index contributed by atoms with van der Waals surface area (Å²) < 4.78 is 59.5. The minimum atomic E-state index is -3.70. The van der Waals surface area contributed by atoms with Gasteiger partial charge in [0.05, 0.1) is 21.9 Å². The molecular weight excluding hydrogens is 452 g/mol. The van der Waals surface area contributed by atoms with E-state index in [0.29, 0.717) is 35.8 Å². The zero-order valence-corrected chi connectivity index (χ0v) is 16.9. The lowest BCUT2D eigenvalue weighted by molar-refractivity contribution is 0.0730. The fourth-order valence-corrected chi connectivity index (χ4v) is 6.75. The molecule has 25 heavy (non-hydrogen) atoms. The SMILES string of the molecule is O=S(=O)(Nc1ccc(S(=O)(=O)N2CCOCC2)cc1)c1ccc(Br)s1. The summed E-state index contributed by atoms with van der Waals surface area (Å²) in [6.07, 6.45) is 0. The van der Waals surface area contributed by atoms with Crippen LogP contribution in [-0.2, 0) is 24.8 Å². The smallest absolute Gasteiger partial charge is 0.271 e. The van der Waals surface area contributed by atoms with E-state index in [2.05, 4.69) is 20.7 Å². The van der Waals surface area contributed by atoms with Crippen molar-refractivity contribution in [1.82, 2.24) is 4.31 Å². The van der Waals surface area contributed by atoms with Gasteiger partial charge in [0.25, 0.3) is 10.0 Å². The van der Waals surface area contributed by atoms with Crippen molar-refractivity contribution in [3.8, 4) is 0 Å². The molecule has 0 aliphatic carbocycles. The summed E-state index contributed by atoms with van der Waals surface area (Å²) in [7, 11) is -7.30. The van der Waals surface area contributed by atoms with E-state index >= 15 is 0 Å². The van der Waals surface area contributed by atoms with Crippen LogP contribution in [0, 0.1) is 0 Å². The van der Waals surface area contributed by atoms with E-state index in [-0.39, 0.29) is 9.10 Å². The average Bonchev–Trinajstić information content (AvgIpc) is 3.03. The molecular formula is C14H15BrN2O5S3. The van der Waals surface area contributed by atoms with Crippen LogP contribution < -0.4 is 4.72 Å². The molecule has 0 bridgehead atoms. The molecule has 0 atom stereocenters. The normalized spacial score (nSPS) is 16.7. The molecule has 1 aliphatic rings. The van der Waals surface area contributed by atoms with Gasteiger partial charge >= 0.3 is 0 Å². The molecule has 1 fully saturated rings. The van der Waals surface area contributed by atoms with Crippen LogP contribution in [-0.4, -0.2) is 47.4 Å². The van der Waals surface area contributed by atoms with E-state index in [1.54, 1.807) is 6.07 Å². The number of nitrogens with zero attached hydrogens (tertiary/aromatic N) is 1. The lowest BCUT2D eigenvalue weighted by atomic mass is 10.3. The third kappa shape index (κ3) is 4.23. The van der Waals surface area contributed by atoms with Gasteiger partial charge in [-0.15, -0.1) is 11.3 Å². The molecule has 0 saturated carbocycles. The van der Waals surface area contributed by atoms with Crippen LogP contribution in [0.15, 0.2) is 49.3 Å². The summed E-state index contributed by atoms with van der Waals surface area (Å²) in [6.45, 7) is 1.36. The topological polar surface area (TPSA) is 92.8 Å². The Balaban J connectivity index is 1.78. The first kappa shape index (κ1) is 18.8. The van der Waals surface area contributed by atoms with E-state index in [1.165, 1.54) is 34.6 Å². The molecule has 1 saturated heterocycles. The van der Waals surface area contributed by atoms with Crippen LogP contribution in [0.25, 0.3) is 0 Å². The van der Waals surface area contributed by atoms with Crippen molar-refractivity contribution in [2.75, 3.05) is 31.0 Å². The third-order valence-corrected chi connectivity index (χ3v) is 8.94. The lowest BCUT2D eigenvalue weighted by Crippen LogP contribution is -2.40. The van der Waals surface area contributed by atoms with Crippen LogP contribution in [0.4, 0.5) is 5.69 Å².